The highest BCUT2D eigenvalue weighted by Crippen LogP contribution is 2.40. The molecule has 0 radical (unpaired) electrons. The van der Waals surface area contributed by atoms with Gasteiger partial charge in [-0.1, -0.05) is 6.08 Å². The lowest BCUT2D eigenvalue weighted by Gasteiger charge is -2.43. The van der Waals surface area contributed by atoms with E-state index in [9.17, 15) is 23.5 Å². The molecule has 0 unspecified atom stereocenters. The molecule has 0 saturated heterocycles. The molecule has 2 aliphatic heterocycles. The summed E-state index contributed by atoms with van der Waals surface area (Å²) in [7, 11) is 0. The predicted octanol–water partition coefficient (Wildman–Crippen LogP) is 3.29. The Morgan fingerprint density at radius 1 is 1.18 bits per heavy atom. The van der Waals surface area contributed by atoms with Crippen molar-refractivity contribution in [3.63, 3.8) is 0 Å². The van der Waals surface area contributed by atoms with Crippen LogP contribution >= 0.6 is 11.3 Å². The fourth-order valence-corrected chi connectivity index (χ4v) is 5.12. The van der Waals surface area contributed by atoms with Crippen molar-refractivity contribution in [2.24, 2.45) is 0 Å². The number of carbonyl (C=O) groups excluding carboxylic acids is 1. The summed E-state index contributed by atoms with van der Waals surface area (Å²) in [6, 6.07) is 4.87. The highest BCUT2D eigenvalue weighted by atomic mass is 32.1. The summed E-state index contributed by atoms with van der Waals surface area (Å²) >= 11 is 1.42. The Bertz CT molecular complexity index is 1350. The molecule has 7 nitrogen and oxygen atoms in total. The summed E-state index contributed by atoms with van der Waals surface area (Å²) < 4.78 is 36.2. The molecule has 3 aromatic rings. The molecule has 0 aliphatic carbocycles. The van der Waals surface area contributed by atoms with E-state index < -0.39 is 34.8 Å². The average molecular weight is 471 g/mol. The molecule has 0 spiro atoms. The molecule has 2 bridgehead atoms. The summed E-state index contributed by atoms with van der Waals surface area (Å²) in [6.45, 7) is 2.13. The van der Waals surface area contributed by atoms with Crippen LogP contribution in [-0.2, 0) is 0 Å². The predicted molar refractivity (Wildman–Crippen MR) is 118 cm³/mol. The summed E-state index contributed by atoms with van der Waals surface area (Å²) in [4.78, 5) is 27.5. The van der Waals surface area contributed by atoms with E-state index >= 15 is 0 Å². The number of benzene rings is 1. The number of hydrogen-bond donors (Lipinski definition) is 1. The van der Waals surface area contributed by atoms with Crippen LogP contribution < -0.4 is 15.2 Å². The van der Waals surface area contributed by atoms with E-state index in [4.69, 9.17) is 4.74 Å². The van der Waals surface area contributed by atoms with Gasteiger partial charge in [0, 0.05) is 29.2 Å². The van der Waals surface area contributed by atoms with Gasteiger partial charge in [-0.3, -0.25) is 19.3 Å². The number of hydrogen-bond acceptors (Lipinski definition) is 6. The molecule has 4 heterocycles. The Morgan fingerprint density at radius 2 is 2.00 bits per heavy atom. The lowest BCUT2D eigenvalue weighted by atomic mass is 10.0. The minimum absolute atomic E-state index is 0.0261. The zero-order chi connectivity index (χ0) is 23.3. The molecule has 0 saturated carbocycles. The third-order valence-corrected chi connectivity index (χ3v) is 6.75. The molecule has 2 aromatic heterocycles. The number of nitrogens with zero attached hydrogens (tertiary/aromatic N) is 3. The molecular formula is C23H19F2N3O4S. The van der Waals surface area contributed by atoms with E-state index in [1.54, 1.807) is 17.2 Å². The number of aromatic hydroxyl groups is 1. The van der Waals surface area contributed by atoms with Gasteiger partial charge in [-0.25, -0.2) is 4.39 Å². The normalized spacial score (nSPS) is 18.8. The minimum Gasteiger partial charge on any atom is -0.502 e. The van der Waals surface area contributed by atoms with E-state index in [2.05, 4.69) is 0 Å². The van der Waals surface area contributed by atoms with Gasteiger partial charge in [0.05, 0.1) is 0 Å². The van der Waals surface area contributed by atoms with Crippen molar-refractivity contribution < 1.29 is 23.4 Å². The molecule has 33 heavy (non-hydrogen) atoms. The van der Waals surface area contributed by atoms with Crippen molar-refractivity contribution in [3.05, 3.63) is 91.6 Å². The maximum Gasteiger partial charge on any atom is 0.278 e. The Labute approximate surface area is 191 Å². The van der Waals surface area contributed by atoms with Crippen molar-refractivity contribution in [2.75, 3.05) is 24.8 Å². The molecule has 1 N–H and O–H groups in total. The fourth-order valence-electron chi connectivity index (χ4n) is 4.10. The number of aryl methyl sites for hydroxylation is 1. The van der Waals surface area contributed by atoms with Crippen molar-refractivity contribution in [1.29, 1.82) is 0 Å². The lowest BCUT2D eigenvalue weighted by Crippen LogP contribution is -2.55. The van der Waals surface area contributed by atoms with E-state index in [1.807, 2.05) is 18.4 Å². The van der Waals surface area contributed by atoms with Crippen LogP contribution in [0.3, 0.4) is 0 Å². The van der Waals surface area contributed by atoms with Gasteiger partial charge in [-0.2, -0.15) is 4.39 Å². The van der Waals surface area contributed by atoms with Crippen LogP contribution in [0.15, 0.2) is 52.8 Å². The van der Waals surface area contributed by atoms with Gasteiger partial charge < -0.3 is 14.7 Å². The summed E-state index contributed by atoms with van der Waals surface area (Å²) in [5.41, 5.74) is 0.454. The number of carbonyl (C=O) groups is 1. The first kappa shape index (κ1) is 21.2. The monoisotopic (exact) mass is 471 g/mol. The van der Waals surface area contributed by atoms with E-state index in [0.717, 1.165) is 22.6 Å². The van der Waals surface area contributed by atoms with E-state index in [0.29, 0.717) is 5.56 Å². The first-order chi connectivity index (χ1) is 15.9. The third-order valence-electron chi connectivity index (χ3n) is 5.65. The summed E-state index contributed by atoms with van der Waals surface area (Å²) in [5, 5.41) is 14.1. The maximum atomic E-state index is 14.9. The van der Waals surface area contributed by atoms with Crippen molar-refractivity contribution in [3.8, 4) is 11.5 Å². The highest BCUT2D eigenvalue weighted by Gasteiger charge is 2.38. The molecule has 170 valence electrons. The highest BCUT2D eigenvalue weighted by molar-refractivity contribution is 7.10. The zero-order valence-corrected chi connectivity index (χ0v) is 18.3. The van der Waals surface area contributed by atoms with Crippen LogP contribution in [0.4, 0.5) is 8.78 Å². The Morgan fingerprint density at radius 3 is 2.76 bits per heavy atom. The first-order valence-electron chi connectivity index (χ1n) is 10.2. The average Bonchev–Trinajstić information content (AvgIpc) is 3.20. The van der Waals surface area contributed by atoms with E-state index in [1.165, 1.54) is 33.2 Å². The number of pyridine rings is 1. The zero-order valence-electron chi connectivity index (χ0n) is 17.5. The number of thiophene rings is 1. The molecule has 5 rings (SSSR count). The second-order valence-corrected chi connectivity index (χ2v) is 8.76. The van der Waals surface area contributed by atoms with Crippen LogP contribution in [0.2, 0.25) is 0 Å². The van der Waals surface area contributed by atoms with Crippen LogP contribution in [0.5, 0.6) is 11.5 Å². The number of amides is 1. The van der Waals surface area contributed by atoms with Gasteiger partial charge in [0.25, 0.3) is 5.91 Å². The molecular weight excluding hydrogens is 452 g/mol. The van der Waals surface area contributed by atoms with Gasteiger partial charge in [-0.05, 0) is 42.1 Å². The van der Waals surface area contributed by atoms with Crippen molar-refractivity contribution >= 4 is 17.2 Å². The second-order valence-electron chi connectivity index (χ2n) is 7.82. The third kappa shape index (κ3) is 3.46. The fraction of sp³-hybridized carbons (Fsp3) is 0.217. The number of rotatable bonds is 1. The molecule has 2 aliphatic rings. The number of fused-ring (bicyclic) bond motifs is 5. The van der Waals surface area contributed by atoms with Crippen molar-refractivity contribution in [1.82, 2.24) is 9.58 Å². The van der Waals surface area contributed by atoms with Gasteiger partial charge in [0.2, 0.25) is 11.2 Å². The van der Waals surface area contributed by atoms with Gasteiger partial charge in [0.15, 0.2) is 23.0 Å². The minimum atomic E-state index is -1.11. The Balaban J connectivity index is 1.82. The second kappa shape index (κ2) is 8.04. The Hall–Kier alpha value is -3.66. The van der Waals surface area contributed by atoms with Crippen LogP contribution in [0.1, 0.15) is 32.5 Å². The molecule has 10 heteroatoms. The lowest BCUT2D eigenvalue weighted by molar-refractivity contribution is 0.0701. The Kier molecular flexibility index (Phi) is 5.16. The van der Waals surface area contributed by atoms with Crippen LogP contribution in [-0.4, -0.2) is 40.4 Å². The van der Waals surface area contributed by atoms with Crippen molar-refractivity contribution in [2.45, 2.75) is 13.0 Å². The summed E-state index contributed by atoms with van der Waals surface area (Å²) in [5.74, 6) is -3.55. The van der Waals surface area contributed by atoms with Crippen LogP contribution in [0, 0.1) is 18.6 Å². The summed E-state index contributed by atoms with van der Waals surface area (Å²) in [6.07, 6.45) is 4.67. The molecule has 1 atom stereocenters. The largest absolute Gasteiger partial charge is 0.502 e. The molecule has 1 amide bonds. The SMILES string of the molecule is Cc1csc([C@@H]2c3ccc(F)c(F)c3OC/C=C\CN3CN2n2ccc(=O)c(O)c2C3=O)c1. The van der Waals surface area contributed by atoms with Gasteiger partial charge >= 0.3 is 0 Å². The number of ether oxygens (including phenoxy) is 1. The first-order valence-corrected chi connectivity index (χ1v) is 11.1. The van der Waals surface area contributed by atoms with Gasteiger partial charge in [0.1, 0.15) is 19.3 Å². The number of halogens is 2. The van der Waals surface area contributed by atoms with E-state index in [-0.39, 0.29) is 31.3 Å². The molecule has 1 aromatic carbocycles. The standard InChI is InChI=1S/C23H19F2N3O4S/c1-13-10-17(33-11-13)19-14-4-5-15(24)18(25)22(14)32-9-3-2-7-26-12-28(19)27-8-6-16(29)21(30)20(27)23(26)31/h2-6,8,10-11,19,30H,7,9,12H2,1H3/b3-2-/t19-/m0/s1. The molecule has 0 fully saturated rings. The van der Waals surface area contributed by atoms with Gasteiger partial charge in [-0.15, -0.1) is 11.3 Å². The topological polar surface area (TPSA) is 75.0 Å². The number of aromatic nitrogens is 1. The van der Waals surface area contributed by atoms with Crippen LogP contribution in [0.25, 0.3) is 0 Å². The smallest absolute Gasteiger partial charge is 0.278 e. The maximum absolute atomic E-state index is 14.9. The quantitative estimate of drug-likeness (QED) is 0.552.